The maximum atomic E-state index is 12.9. The minimum atomic E-state index is -0.252. The van der Waals surface area contributed by atoms with Gasteiger partial charge < -0.3 is 14.8 Å². The minimum Gasteiger partial charge on any atom is -0.486 e. The summed E-state index contributed by atoms with van der Waals surface area (Å²) in [5, 5.41) is 2.92. The Balaban J connectivity index is 1.41. The van der Waals surface area contributed by atoms with E-state index in [-0.39, 0.29) is 17.8 Å². The first kappa shape index (κ1) is 19.2. The van der Waals surface area contributed by atoms with Gasteiger partial charge in [-0.1, -0.05) is 31.2 Å². The zero-order valence-electron chi connectivity index (χ0n) is 15.5. The van der Waals surface area contributed by atoms with Gasteiger partial charge in [-0.05, 0) is 42.8 Å². The van der Waals surface area contributed by atoms with E-state index in [1.165, 1.54) is 12.1 Å². The Morgan fingerprint density at radius 2 is 1.93 bits per heavy atom. The molecule has 1 N–H and O–H groups in total. The van der Waals surface area contributed by atoms with Gasteiger partial charge in [0.15, 0.2) is 11.5 Å². The quantitative estimate of drug-likeness (QED) is 0.774. The fraction of sp³-hybridized carbons (Fsp3) is 0.381. The summed E-state index contributed by atoms with van der Waals surface area (Å²) < 4.78 is 24.6. The summed E-state index contributed by atoms with van der Waals surface area (Å²) in [4.78, 5) is 14.2. The van der Waals surface area contributed by atoms with Crippen molar-refractivity contribution in [2.24, 2.45) is 0 Å². The van der Waals surface area contributed by atoms with Crippen molar-refractivity contribution in [3.63, 3.8) is 0 Å². The van der Waals surface area contributed by atoms with Crippen LogP contribution < -0.4 is 14.8 Å². The molecule has 1 heterocycles. The van der Waals surface area contributed by atoms with Gasteiger partial charge in [-0.3, -0.25) is 9.69 Å². The van der Waals surface area contributed by atoms with Crippen LogP contribution in [0.15, 0.2) is 48.5 Å². The summed E-state index contributed by atoms with van der Waals surface area (Å²) in [5.74, 6) is 1.22. The maximum Gasteiger partial charge on any atom is 0.234 e. The van der Waals surface area contributed by atoms with Crippen LogP contribution in [0.3, 0.4) is 0 Å². The fourth-order valence-corrected chi connectivity index (χ4v) is 3.00. The lowest BCUT2D eigenvalue weighted by Crippen LogP contribution is -2.45. The van der Waals surface area contributed by atoms with Gasteiger partial charge in [0, 0.05) is 13.1 Å². The van der Waals surface area contributed by atoms with Crippen LogP contribution in [0.1, 0.15) is 12.5 Å². The number of likely N-dealkylation sites (N-methyl/N-ethyl adjacent to an activating group) is 1. The van der Waals surface area contributed by atoms with Crippen LogP contribution in [-0.4, -0.2) is 49.7 Å². The van der Waals surface area contributed by atoms with Crippen molar-refractivity contribution in [3.8, 4) is 11.5 Å². The van der Waals surface area contributed by atoms with Gasteiger partial charge in [-0.25, -0.2) is 4.39 Å². The number of para-hydroxylation sites is 2. The molecule has 0 fully saturated rings. The smallest absolute Gasteiger partial charge is 0.234 e. The zero-order chi connectivity index (χ0) is 19.1. The van der Waals surface area contributed by atoms with Crippen LogP contribution in [0.25, 0.3) is 0 Å². The fourth-order valence-electron chi connectivity index (χ4n) is 3.00. The molecule has 27 heavy (non-hydrogen) atoms. The predicted octanol–water partition coefficient (Wildman–Crippen LogP) is 2.65. The van der Waals surface area contributed by atoms with E-state index in [2.05, 4.69) is 5.32 Å². The van der Waals surface area contributed by atoms with Crippen LogP contribution >= 0.6 is 0 Å². The second-order valence-electron chi connectivity index (χ2n) is 6.55. The molecule has 1 atom stereocenters. The van der Waals surface area contributed by atoms with E-state index in [4.69, 9.17) is 9.47 Å². The second-order valence-corrected chi connectivity index (χ2v) is 6.55. The Morgan fingerprint density at radius 3 is 2.67 bits per heavy atom. The molecule has 0 spiro atoms. The Morgan fingerprint density at radius 1 is 1.19 bits per heavy atom. The summed E-state index contributed by atoms with van der Waals surface area (Å²) >= 11 is 0. The van der Waals surface area contributed by atoms with Crippen molar-refractivity contribution in [2.45, 2.75) is 19.4 Å². The van der Waals surface area contributed by atoms with Crippen molar-refractivity contribution in [1.82, 2.24) is 10.2 Å². The van der Waals surface area contributed by atoms with Gasteiger partial charge in [-0.2, -0.15) is 0 Å². The lowest BCUT2D eigenvalue weighted by atomic mass is 10.1. The summed E-state index contributed by atoms with van der Waals surface area (Å²) in [6, 6.07) is 13.9. The molecule has 2 aromatic rings. The van der Waals surface area contributed by atoms with E-state index in [0.29, 0.717) is 32.7 Å². The average Bonchev–Trinajstić information content (AvgIpc) is 2.69. The van der Waals surface area contributed by atoms with Gasteiger partial charge in [-0.15, -0.1) is 0 Å². The number of hydrogen-bond acceptors (Lipinski definition) is 4. The third kappa shape index (κ3) is 5.69. The summed E-state index contributed by atoms with van der Waals surface area (Å²) in [7, 11) is 0. The normalized spacial score (nSPS) is 15.6. The van der Waals surface area contributed by atoms with Gasteiger partial charge in [0.2, 0.25) is 5.91 Å². The molecule has 144 valence electrons. The maximum absolute atomic E-state index is 12.9. The van der Waals surface area contributed by atoms with Gasteiger partial charge >= 0.3 is 0 Å². The average molecular weight is 372 g/mol. The van der Waals surface area contributed by atoms with Crippen molar-refractivity contribution in [1.29, 1.82) is 0 Å². The van der Waals surface area contributed by atoms with E-state index < -0.39 is 0 Å². The summed E-state index contributed by atoms with van der Waals surface area (Å²) in [6.07, 6.45) is 0.570. The third-order valence-electron chi connectivity index (χ3n) is 4.49. The van der Waals surface area contributed by atoms with Gasteiger partial charge in [0.1, 0.15) is 18.5 Å². The number of hydrogen-bond donors (Lipinski definition) is 1. The van der Waals surface area contributed by atoms with Crippen LogP contribution in [0.5, 0.6) is 11.5 Å². The van der Waals surface area contributed by atoms with E-state index in [9.17, 15) is 9.18 Å². The Kier molecular flexibility index (Phi) is 6.65. The van der Waals surface area contributed by atoms with E-state index in [0.717, 1.165) is 23.6 Å². The van der Waals surface area contributed by atoms with Crippen LogP contribution in [0.2, 0.25) is 0 Å². The van der Waals surface area contributed by atoms with Crippen molar-refractivity contribution >= 4 is 5.91 Å². The molecule has 3 rings (SSSR count). The second kappa shape index (κ2) is 9.37. The van der Waals surface area contributed by atoms with Crippen LogP contribution in [0, 0.1) is 5.82 Å². The number of carbonyl (C=O) groups is 1. The Hall–Kier alpha value is -2.60. The summed E-state index contributed by atoms with van der Waals surface area (Å²) in [6.45, 7) is 4.69. The van der Waals surface area contributed by atoms with Gasteiger partial charge in [0.05, 0.1) is 6.54 Å². The van der Waals surface area contributed by atoms with Crippen molar-refractivity contribution in [3.05, 3.63) is 59.9 Å². The minimum absolute atomic E-state index is 0.0314. The number of amides is 1. The molecular formula is C21H25FN2O3. The molecule has 0 saturated carbocycles. The molecule has 0 unspecified atom stereocenters. The predicted molar refractivity (Wildman–Crippen MR) is 102 cm³/mol. The zero-order valence-corrected chi connectivity index (χ0v) is 15.5. The number of carbonyl (C=O) groups excluding carboxylic acids is 1. The van der Waals surface area contributed by atoms with E-state index >= 15 is 0 Å². The number of rotatable bonds is 8. The van der Waals surface area contributed by atoms with Crippen molar-refractivity contribution in [2.75, 3.05) is 32.8 Å². The van der Waals surface area contributed by atoms with Crippen LogP contribution in [0.4, 0.5) is 4.39 Å². The first-order valence-corrected chi connectivity index (χ1v) is 9.26. The Labute approximate surface area is 159 Å². The van der Waals surface area contributed by atoms with E-state index in [1.807, 2.05) is 36.1 Å². The number of nitrogens with one attached hydrogen (secondary N) is 1. The molecule has 0 radical (unpaired) electrons. The monoisotopic (exact) mass is 372 g/mol. The lowest BCUT2D eigenvalue weighted by Gasteiger charge is -2.30. The van der Waals surface area contributed by atoms with E-state index in [1.54, 1.807) is 12.1 Å². The van der Waals surface area contributed by atoms with Gasteiger partial charge in [0.25, 0.3) is 0 Å². The largest absolute Gasteiger partial charge is 0.486 e. The molecule has 0 aliphatic carbocycles. The number of nitrogens with zero attached hydrogens (tertiary/aromatic N) is 1. The molecular weight excluding hydrogens is 347 g/mol. The Bertz CT molecular complexity index is 751. The molecule has 2 aromatic carbocycles. The SMILES string of the molecule is CCN(CC(=O)NCCc1ccc(F)cc1)C[C@@H]1COc2ccccc2O1. The molecule has 1 aliphatic heterocycles. The highest BCUT2D eigenvalue weighted by atomic mass is 19.1. The first-order chi connectivity index (χ1) is 13.1. The lowest BCUT2D eigenvalue weighted by molar-refractivity contribution is -0.122. The summed E-state index contributed by atoms with van der Waals surface area (Å²) in [5.41, 5.74) is 0.996. The molecule has 5 nitrogen and oxygen atoms in total. The molecule has 0 bridgehead atoms. The highest BCUT2D eigenvalue weighted by molar-refractivity contribution is 5.78. The highest BCUT2D eigenvalue weighted by Gasteiger charge is 2.23. The standard InChI is InChI=1S/C21H25FN2O3/c1-2-24(13-18-15-26-19-5-3-4-6-20(19)27-18)14-21(25)23-12-11-16-7-9-17(22)10-8-16/h3-10,18H,2,11-15H2,1H3,(H,23,25)/t18-/m1/s1. The number of ether oxygens (including phenoxy) is 2. The first-order valence-electron chi connectivity index (χ1n) is 9.26. The number of fused-ring (bicyclic) bond motifs is 1. The molecule has 0 saturated heterocycles. The highest BCUT2D eigenvalue weighted by Crippen LogP contribution is 2.30. The third-order valence-corrected chi connectivity index (χ3v) is 4.49. The van der Waals surface area contributed by atoms with Crippen LogP contribution in [-0.2, 0) is 11.2 Å². The molecule has 6 heteroatoms. The molecule has 1 amide bonds. The number of halogens is 1. The van der Waals surface area contributed by atoms with Crippen molar-refractivity contribution < 1.29 is 18.7 Å². The molecule has 0 aromatic heterocycles. The number of benzene rings is 2. The topological polar surface area (TPSA) is 50.8 Å². The molecule has 1 aliphatic rings.